The molecule has 2 fully saturated rings. The van der Waals surface area contributed by atoms with Gasteiger partial charge in [-0.05, 0) is 101 Å². The topological polar surface area (TPSA) is 60.4 Å². The highest BCUT2D eigenvalue weighted by atomic mass is 16.5. The second-order valence-corrected chi connectivity index (χ2v) is 13.0. The number of ether oxygens (including phenoxy) is 1. The van der Waals surface area contributed by atoms with Crippen molar-refractivity contribution >= 4 is 23.4 Å². The molecule has 3 aliphatic rings. The summed E-state index contributed by atoms with van der Waals surface area (Å²) >= 11 is 0. The summed E-state index contributed by atoms with van der Waals surface area (Å²) in [7, 11) is 0. The minimum Gasteiger partial charge on any atom is -0.490 e. The maximum atomic E-state index is 14.6. The molecule has 1 saturated carbocycles. The van der Waals surface area contributed by atoms with Gasteiger partial charge in [0.25, 0.3) is 0 Å². The molecule has 0 amide bonds. The molecule has 39 heavy (non-hydrogen) atoms. The molecule has 4 atom stereocenters. The molecular weight excluding hydrogens is 484 g/mol. The Kier molecular flexibility index (Phi) is 7.85. The fraction of sp³-hybridized carbons (Fsp3) is 0.543. The molecule has 1 heterocycles. The summed E-state index contributed by atoms with van der Waals surface area (Å²) in [5.41, 5.74) is 3.71. The number of hydrogen-bond acceptors (Lipinski definition) is 4. The predicted molar refractivity (Wildman–Crippen MR) is 156 cm³/mol. The van der Waals surface area contributed by atoms with Crippen molar-refractivity contribution < 1.29 is 19.1 Å². The van der Waals surface area contributed by atoms with E-state index in [0.29, 0.717) is 42.9 Å². The Morgan fingerprint density at radius 2 is 1.92 bits per heavy atom. The quantitative estimate of drug-likeness (QED) is 0.113. The smallest absolute Gasteiger partial charge is 0.200 e. The van der Waals surface area contributed by atoms with Crippen molar-refractivity contribution in [1.29, 1.82) is 0 Å². The molecule has 4 nitrogen and oxygen atoms in total. The zero-order valence-corrected chi connectivity index (χ0v) is 24.8. The van der Waals surface area contributed by atoms with Gasteiger partial charge in [0.15, 0.2) is 17.3 Å². The standard InChI is InChI=1S/C35H44O4/c1-9-11-25-21-27(13-12-26(25)20-23(5)10-2)29(36)28-30(37)35(17-14-22(3)4)24(6)15-16-34(32(35)38)19-18-33(7,8)39-31(28)34/h11-14,21,23-24H,1,10,15-20H2,2-8H3/t23-,24-,34-,35-/m0/s1. The van der Waals surface area contributed by atoms with Crippen LogP contribution in [0.15, 0.2) is 53.5 Å². The zero-order chi connectivity index (χ0) is 28.8. The van der Waals surface area contributed by atoms with Crippen molar-refractivity contribution in [1.82, 2.24) is 0 Å². The van der Waals surface area contributed by atoms with Crippen molar-refractivity contribution in [3.8, 4) is 0 Å². The summed E-state index contributed by atoms with van der Waals surface area (Å²) in [6.45, 7) is 18.0. The molecule has 2 aliphatic carbocycles. The third-order valence-corrected chi connectivity index (χ3v) is 9.50. The summed E-state index contributed by atoms with van der Waals surface area (Å²) in [4.78, 5) is 43.5. The van der Waals surface area contributed by atoms with Gasteiger partial charge in [0.1, 0.15) is 16.9 Å². The lowest BCUT2D eigenvalue weighted by Crippen LogP contribution is -2.63. The number of hydrogen-bond donors (Lipinski definition) is 0. The number of ketones is 3. The Balaban J connectivity index is 1.94. The van der Waals surface area contributed by atoms with Crippen LogP contribution in [0.25, 0.3) is 6.08 Å². The van der Waals surface area contributed by atoms with Gasteiger partial charge in [-0.25, -0.2) is 0 Å². The number of carbonyl (C=O) groups excluding carboxylic acids is 3. The lowest BCUT2D eigenvalue weighted by molar-refractivity contribution is -0.166. The molecule has 1 aromatic carbocycles. The summed E-state index contributed by atoms with van der Waals surface area (Å²) < 4.78 is 6.50. The van der Waals surface area contributed by atoms with Gasteiger partial charge in [-0.15, -0.1) is 5.73 Å². The summed E-state index contributed by atoms with van der Waals surface area (Å²) in [5, 5.41) is 0. The monoisotopic (exact) mass is 528 g/mol. The first kappa shape index (κ1) is 29.0. The van der Waals surface area contributed by atoms with Gasteiger partial charge in [-0.3, -0.25) is 14.4 Å². The van der Waals surface area contributed by atoms with Crippen molar-refractivity contribution in [3.05, 3.63) is 70.2 Å². The van der Waals surface area contributed by atoms with E-state index in [2.05, 4.69) is 26.2 Å². The predicted octanol–water partition coefficient (Wildman–Crippen LogP) is 8.01. The van der Waals surface area contributed by atoms with E-state index in [-0.39, 0.29) is 28.8 Å². The zero-order valence-electron chi connectivity index (χ0n) is 24.8. The van der Waals surface area contributed by atoms with Crippen LogP contribution in [0.4, 0.5) is 0 Å². The Labute approximate surface area is 234 Å². The summed E-state index contributed by atoms with van der Waals surface area (Å²) in [6.07, 6.45) is 8.70. The molecule has 2 bridgehead atoms. The number of fused-ring (bicyclic) bond motifs is 1. The molecule has 4 rings (SSSR count). The van der Waals surface area contributed by atoms with Crippen molar-refractivity contribution in [2.24, 2.45) is 22.7 Å². The van der Waals surface area contributed by atoms with Crippen molar-refractivity contribution in [2.75, 3.05) is 0 Å². The van der Waals surface area contributed by atoms with Crippen LogP contribution in [0.5, 0.6) is 0 Å². The van der Waals surface area contributed by atoms with E-state index < -0.39 is 16.4 Å². The maximum absolute atomic E-state index is 14.6. The van der Waals surface area contributed by atoms with Gasteiger partial charge >= 0.3 is 0 Å². The highest BCUT2D eigenvalue weighted by molar-refractivity contribution is 6.35. The highest BCUT2D eigenvalue weighted by Gasteiger charge is 2.68. The Hall–Kier alpha value is -2.97. The fourth-order valence-corrected chi connectivity index (χ4v) is 6.71. The maximum Gasteiger partial charge on any atom is 0.200 e. The molecular formula is C35H44O4. The minimum atomic E-state index is -1.24. The van der Waals surface area contributed by atoms with Crippen LogP contribution in [-0.2, 0) is 20.7 Å². The number of Topliss-reactive ketones (excluding diaryl/α,β-unsaturated/α-hetero) is 3. The molecule has 4 heteroatoms. The van der Waals surface area contributed by atoms with Crippen LogP contribution in [0.2, 0.25) is 0 Å². The van der Waals surface area contributed by atoms with E-state index in [9.17, 15) is 14.4 Å². The fourth-order valence-electron chi connectivity index (χ4n) is 6.71. The van der Waals surface area contributed by atoms with Crippen LogP contribution in [-0.4, -0.2) is 23.0 Å². The summed E-state index contributed by atoms with van der Waals surface area (Å²) in [5.74, 6) is -0.104. The van der Waals surface area contributed by atoms with Crippen LogP contribution in [0.1, 0.15) is 108 Å². The number of carbonyl (C=O) groups is 3. The van der Waals surface area contributed by atoms with E-state index in [0.717, 1.165) is 36.0 Å². The number of benzene rings is 1. The molecule has 0 aromatic heterocycles. The Bertz CT molecular complexity index is 1310. The van der Waals surface area contributed by atoms with E-state index in [1.54, 1.807) is 6.08 Å². The number of allylic oxidation sites excluding steroid dienone is 4. The normalized spacial score (nSPS) is 28.1. The second-order valence-electron chi connectivity index (χ2n) is 13.0. The van der Waals surface area contributed by atoms with Crippen LogP contribution < -0.4 is 0 Å². The molecule has 0 unspecified atom stereocenters. The summed E-state index contributed by atoms with van der Waals surface area (Å²) in [6, 6.07) is 5.65. The first-order chi connectivity index (χ1) is 18.3. The first-order valence-electron chi connectivity index (χ1n) is 14.5. The van der Waals surface area contributed by atoms with Gasteiger partial charge in [0.05, 0.1) is 10.8 Å². The third-order valence-electron chi connectivity index (χ3n) is 9.50. The van der Waals surface area contributed by atoms with E-state index in [4.69, 9.17) is 4.74 Å². The average Bonchev–Trinajstić information content (AvgIpc) is 2.88. The van der Waals surface area contributed by atoms with Crippen LogP contribution >= 0.6 is 0 Å². The highest BCUT2D eigenvalue weighted by Crippen LogP contribution is 2.62. The van der Waals surface area contributed by atoms with Gasteiger partial charge in [0.2, 0.25) is 0 Å². The Morgan fingerprint density at radius 1 is 1.21 bits per heavy atom. The van der Waals surface area contributed by atoms with Crippen LogP contribution in [0, 0.1) is 22.7 Å². The van der Waals surface area contributed by atoms with Crippen LogP contribution in [0.3, 0.4) is 0 Å². The van der Waals surface area contributed by atoms with E-state index in [1.807, 2.05) is 58.9 Å². The first-order valence-corrected chi connectivity index (χ1v) is 14.5. The third kappa shape index (κ3) is 4.82. The molecule has 0 radical (unpaired) electrons. The lowest BCUT2D eigenvalue weighted by atomic mass is 9.47. The molecule has 208 valence electrons. The van der Waals surface area contributed by atoms with E-state index in [1.165, 1.54) is 0 Å². The largest absolute Gasteiger partial charge is 0.490 e. The number of rotatable bonds is 8. The van der Waals surface area contributed by atoms with Crippen molar-refractivity contribution in [3.63, 3.8) is 0 Å². The van der Waals surface area contributed by atoms with Gasteiger partial charge in [0, 0.05) is 5.56 Å². The molecule has 1 spiro atoms. The van der Waals surface area contributed by atoms with Gasteiger partial charge in [-0.2, -0.15) is 0 Å². The molecule has 1 saturated heterocycles. The SMILES string of the molecule is C=C=Cc1cc(C(=O)C2=C3OC(C)(C)CC[C@@]34CC[C@H](C)[C@@](CC=C(C)C)(C2=O)C4=O)ccc1C[C@@H](C)CC. The lowest BCUT2D eigenvalue weighted by Gasteiger charge is -2.56. The van der Waals surface area contributed by atoms with Gasteiger partial charge in [-0.1, -0.05) is 57.6 Å². The van der Waals surface area contributed by atoms with Gasteiger partial charge < -0.3 is 4.74 Å². The Morgan fingerprint density at radius 3 is 2.56 bits per heavy atom. The second kappa shape index (κ2) is 10.5. The average molecular weight is 529 g/mol. The molecule has 1 aromatic rings. The molecule has 1 aliphatic heterocycles. The minimum absolute atomic E-state index is 0.0440. The van der Waals surface area contributed by atoms with E-state index >= 15 is 0 Å². The van der Waals surface area contributed by atoms with Crippen molar-refractivity contribution in [2.45, 2.75) is 99.0 Å². The molecule has 0 N–H and O–H groups in total.